The number of hydrogen-bond acceptors (Lipinski definition) is 7. The topological polar surface area (TPSA) is 93.7 Å². The Bertz CT molecular complexity index is 1250. The Morgan fingerprint density at radius 2 is 1.76 bits per heavy atom. The van der Waals surface area contributed by atoms with Gasteiger partial charge in [0.1, 0.15) is 5.75 Å². The number of aromatic nitrogens is 2. The van der Waals surface area contributed by atoms with Crippen LogP contribution in [0.4, 0.5) is 11.5 Å². The van der Waals surface area contributed by atoms with E-state index >= 15 is 0 Å². The Hall–Kier alpha value is -3.17. The van der Waals surface area contributed by atoms with Crippen LogP contribution in [0.25, 0.3) is 11.3 Å². The largest absolute Gasteiger partial charge is 0.496 e. The summed E-state index contributed by atoms with van der Waals surface area (Å²) in [7, 11) is -2.21. The average Bonchev–Trinajstić information content (AvgIpc) is 2.82. The number of nitrogens with one attached hydrogen (secondary N) is 1. The molecule has 33 heavy (non-hydrogen) atoms. The third kappa shape index (κ3) is 4.79. The summed E-state index contributed by atoms with van der Waals surface area (Å²) in [5, 5.41) is 8.70. The molecule has 2 heterocycles. The van der Waals surface area contributed by atoms with Crippen LogP contribution in [0.2, 0.25) is 0 Å². The van der Waals surface area contributed by atoms with Crippen LogP contribution in [0.3, 0.4) is 0 Å². The monoisotopic (exact) mass is 468 g/mol. The van der Waals surface area contributed by atoms with E-state index in [9.17, 15) is 8.42 Å². The van der Waals surface area contributed by atoms with Gasteiger partial charge in [0, 0.05) is 24.3 Å². The highest BCUT2D eigenvalue weighted by Crippen LogP contribution is 2.32. The number of aryl methyl sites for hydroxylation is 1. The molecule has 3 aromatic rings. The molecule has 0 radical (unpaired) electrons. The van der Waals surface area contributed by atoms with Crippen molar-refractivity contribution in [1.29, 1.82) is 0 Å². The van der Waals surface area contributed by atoms with Gasteiger partial charge in [-0.1, -0.05) is 12.1 Å². The van der Waals surface area contributed by atoms with Gasteiger partial charge in [0.15, 0.2) is 5.82 Å². The first kappa shape index (κ1) is 23.0. The lowest BCUT2D eigenvalue weighted by Gasteiger charge is -2.27. The standard InChI is InChI=1S/C24H28N4O4S/c1-16-14-22(17(2)18(3)24(16)31-4)33(29,30)27-20-7-5-6-19(15-20)21-8-9-23(26-25-21)28-10-12-32-13-11-28/h5-9,14-15,27H,10-13H2,1-4H3. The molecule has 9 heteroatoms. The number of hydrogen-bond donors (Lipinski definition) is 1. The number of ether oxygens (including phenoxy) is 2. The summed E-state index contributed by atoms with van der Waals surface area (Å²) in [6.07, 6.45) is 0. The molecule has 0 spiro atoms. The zero-order valence-electron chi connectivity index (χ0n) is 19.3. The van der Waals surface area contributed by atoms with Gasteiger partial charge in [0.05, 0.1) is 30.9 Å². The van der Waals surface area contributed by atoms with Gasteiger partial charge in [0.25, 0.3) is 10.0 Å². The van der Waals surface area contributed by atoms with Crippen LogP contribution < -0.4 is 14.4 Å². The number of morpholine rings is 1. The second kappa shape index (κ2) is 9.36. The molecule has 174 valence electrons. The van der Waals surface area contributed by atoms with Crippen LogP contribution in [0, 0.1) is 20.8 Å². The van der Waals surface area contributed by atoms with E-state index in [1.54, 1.807) is 38.3 Å². The summed E-state index contributed by atoms with van der Waals surface area (Å²) >= 11 is 0. The smallest absolute Gasteiger partial charge is 0.262 e. The van der Waals surface area contributed by atoms with E-state index in [0.29, 0.717) is 35.9 Å². The van der Waals surface area contributed by atoms with Crippen molar-refractivity contribution in [2.24, 2.45) is 0 Å². The molecule has 2 aromatic carbocycles. The van der Waals surface area contributed by atoms with Crippen molar-refractivity contribution in [3.05, 3.63) is 59.2 Å². The second-order valence-electron chi connectivity index (χ2n) is 8.04. The molecule has 0 saturated carbocycles. The highest BCUT2D eigenvalue weighted by atomic mass is 32.2. The van der Waals surface area contributed by atoms with E-state index in [4.69, 9.17) is 9.47 Å². The lowest BCUT2D eigenvalue weighted by Crippen LogP contribution is -2.36. The Morgan fingerprint density at radius 3 is 2.42 bits per heavy atom. The molecular formula is C24H28N4O4S. The SMILES string of the molecule is COc1c(C)cc(S(=O)(=O)Nc2cccc(-c3ccc(N4CCOCC4)nn3)c2)c(C)c1C. The van der Waals surface area contributed by atoms with Crippen molar-refractivity contribution in [1.82, 2.24) is 10.2 Å². The van der Waals surface area contributed by atoms with Gasteiger partial charge in [-0.05, 0) is 67.8 Å². The first-order chi connectivity index (χ1) is 15.8. The summed E-state index contributed by atoms with van der Waals surface area (Å²) in [4.78, 5) is 2.37. The summed E-state index contributed by atoms with van der Waals surface area (Å²) in [6.45, 7) is 8.42. The van der Waals surface area contributed by atoms with E-state index in [0.717, 1.165) is 35.6 Å². The number of sulfonamides is 1. The minimum Gasteiger partial charge on any atom is -0.496 e. The minimum absolute atomic E-state index is 0.235. The molecule has 0 unspecified atom stereocenters. The highest BCUT2D eigenvalue weighted by molar-refractivity contribution is 7.92. The van der Waals surface area contributed by atoms with Crippen molar-refractivity contribution in [3.8, 4) is 17.0 Å². The quantitative estimate of drug-likeness (QED) is 0.589. The second-order valence-corrected chi connectivity index (χ2v) is 9.69. The molecule has 1 fully saturated rings. The fourth-order valence-electron chi connectivity index (χ4n) is 4.01. The van der Waals surface area contributed by atoms with Gasteiger partial charge in [-0.15, -0.1) is 10.2 Å². The van der Waals surface area contributed by atoms with E-state index < -0.39 is 10.0 Å². The normalized spacial score (nSPS) is 14.2. The predicted octanol–water partition coefficient (Wildman–Crippen LogP) is 3.71. The zero-order chi connectivity index (χ0) is 23.6. The Balaban J connectivity index is 1.58. The number of methoxy groups -OCH3 is 1. The van der Waals surface area contributed by atoms with Crippen molar-refractivity contribution >= 4 is 21.5 Å². The van der Waals surface area contributed by atoms with Gasteiger partial charge in [-0.3, -0.25) is 4.72 Å². The molecule has 4 rings (SSSR count). The molecule has 0 amide bonds. The number of rotatable bonds is 6. The lowest BCUT2D eigenvalue weighted by molar-refractivity contribution is 0.122. The average molecular weight is 469 g/mol. The van der Waals surface area contributed by atoms with E-state index in [1.807, 2.05) is 32.0 Å². The zero-order valence-corrected chi connectivity index (χ0v) is 20.1. The minimum atomic E-state index is -3.79. The molecule has 8 nitrogen and oxygen atoms in total. The molecule has 1 aliphatic rings. The molecule has 0 bridgehead atoms. The van der Waals surface area contributed by atoms with E-state index in [2.05, 4.69) is 19.8 Å². The predicted molar refractivity (Wildman–Crippen MR) is 129 cm³/mol. The molecule has 1 saturated heterocycles. The van der Waals surface area contributed by atoms with Crippen LogP contribution >= 0.6 is 0 Å². The fourth-order valence-corrected chi connectivity index (χ4v) is 5.44. The molecule has 0 aliphatic carbocycles. The first-order valence-corrected chi connectivity index (χ1v) is 12.2. The van der Waals surface area contributed by atoms with Crippen molar-refractivity contribution < 1.29 is 17.9 Å². The highest BCUT2D eigenvalue weighted by Gasteiger charge is 2.22. The summed E-state index contributed by atoms with van der Waals surface area (Å²) < 4.78 is 39.9. The summed E-state index contributed by atoms with van der Waals surface area (Å²) in [5.41, 5.74) is 4.13. The third-order valence-corrected chi connectivity index (χ3v) is 7.38. The maximum absolute atomic E-state index is 13.2. The molecule has 1 aliphatic heterocycles. The van der Waals surface area contributed by atoms with Crippen molar-refractivity contribution in [2.45, 2.75) is 25.7 Å². The van der Waals surface area contributed by atoms with Crippen LogP contribution in [-0.2, 0) is 14.8 Å². The Kier molecular flexibility index (Phi) is 6.53. The maximum Gasteiger partial charge on any atom is 0.262 e. The molecule has 1 aromatic heterocycles. The Morgan fingerprint density at radius 1 is 1.00 bits per heavy atom. The molecular weight excluding hydrogens is 440 g/mol. The Labute approximate surface area is 194 Å². The summed E-state index contributed by atoms with van der Waals surface area (Å²) in [5.74, 6) is 1.51. The number of benzene rings is 2. The van der Waals surface area contributed by atoms with Crippen molar-refractivity contribution in [3.63, 3.8) is 0 Å². The van der Waals surface area contributed by atoms with Crippen LogP contribution in [0.5, 0.6) is 5.75 Å². The lowest BCUT2D eigenvalue weighted by atomic mass is 10.1. The molecule has 0 atom stereocenters. The maximum atomic E-state index is 13.2. The van der Waals surface area contributed by atoms with Crippen LogP contribution in [0.1, 0.15) is 16.7 Å². The van der Waals surface area contributed by atoms with Gasteiger partial charge in [-0.25, -0.2) is 8.42 Å². The van der Waals surface area contributed by atoms with Gasteiger partial charge in [0.2, 0.25) is 0 Å². The fraction of sp³-hybridized carbons (Fsp3) is 0.333. The van der Waals surface area contributed by atoms with E-state index in [-0.39, 0.29) is 4.90 Å². The van der Waals surface area contributed by atoms with Crippen LogP contribution in [0.15, 0.2) is 47.4 Å². The first-order valence-electron chi connectivity index (χ1n) is 10.7. The number of anilines is 2. The van der Waals surface area contributed by atoms with E-state index in [1.165, 1.54) is 0 Å². The van der Waals surface area contributed by atoms with Crippen LogP contribution in [-0.4, -0.2) is 52.0 Å². The van der Waals surface area contributed by atoms with Gasteiger partial charge >= 0.3 is 0 Å². The van der Waals surface area contributed by atoms with Gasteiger partial charge < -0.3 is 14.4 Å². The van der Waals surface area contributed by atoms with Crippen molar-refractivity contribution in [2.75, 3.05) is 43.0 Å². The third-order valence-electron chi connectivity index (χ3n) is 5.87. The van der Waals surface area contributed by atoms with Gasteiger partial charge in [-0.2, -0.15) is 0 Å². The molecule has 1 N–H and O–H groups in total. The summed E-state index contributed by atoms with van der Waals surface area (Å²) in [6, 6.07) is 12.6. The number of nitrogens with zero attached hydrogens (tertiary/aromatic N) is 3.